The quantitative estimate of drug-likeness (QED) is 0.674. The van der Waals surface area contributed by atoms with Crippen molar-refractivity contribution in [1.82, 2.24) is 0 Å². The first-order valence-electron chi connectivity index (χ1n) is 9.17. The third kappa shape index (κ3) is 2.00. The third-order valence-corrected chi connectivity index (χ3v) is 7.99. The van der Waals surface area contributed by atoms with Crippen LogP contribution in [0.15, 0.2) is 16.8 Å². The molecule has 4 rings (SSSR count). The van der Waals surface area contributed by atoms with Gasteiger partial charge < -0.3 is 10.2 Å². The summed E-state index contributed by atoms with van der Waals surface area (Å²) in [4.78, 5) is 0. The molecule has 3 saturated carbocycles. The number of fused-ring (bicyclic) bond motifs is 5. The zero-order chi connectivity index (χ0) is 16.4. The van der Waals surface area contributed by atoms with Crippen molar-refractivity contribution >= 4 is 5.71 Å². The first-order valence-corrected chi connectivity index (χ1v) is 9.17. The van der Waals surface area contributed by atoms with E-state index in [-0.39, 0.29) is 29.0 Å². The van der Waals surface area contributed by atoms with Gasteiger partial charge in [0.25, 0.3) is 0 Å². The number of hydrogen-bond acceptors (Lipinski definition) is 3. The molecule has 0 spiro atoms. The minimum absolute atomic E-state index is 0.0625. The highest BCUT2D eigenvalue weighted by Crippen LogP contribution is 2.64. The molecule has 23 heavy (non-hydrogen) atoms. The van der Waals surface area contributed by atoms with Crippen molar-refractivity contribution in [1.29, 1.82) is 0 Å². The van der Waals surface area contributed by atoms with Crippen LogP contribution in [0, 0.1) is 28.6 Å². The number of aliphatic hydroxyl groups is 2. The fourth-order valence-electron chi connectivity index (χ4n) is 6.46. The molecule has 0 bridgehead atoms. The van der Waals surface area contributed by atoms with E-state index < -0.39 is 0 Å². The van der Waals surface area contributed by atoms with E-state index in [0.717, 1.165) is 38.5 Å². The zero-order valence-electron chi connectivity index (χ0n) is 14.2. The van der Waals surface area contributed by atoms with Gasteiger partial charge in [-0.1, -0.05) is 19.4 Å². The summed E-state index contributed by atoms with van der Waals surface area (Å²) in [6.45, 7) is 4.54. The Balaban J connectivity index is 1.79. The van der Waals surface area contributed by atoms with Gasteiger partial charge in [-0.05, 0) is 78.8 Å². The number of aliphatic hydroxyl groups excluding tert-OH is 2. The molecule has 7 atom stereocenters. The lowest BCUT2D eigenvalue weighted by atomic mass is 9.47. The summed E-state index contributed by atoms with van der Waals surface area (Å²) >= 11 is 0. The van der Waals surface area contributed by atoms with E-state index in [1.165, 1.54) is 5.57 Å². The molecule has 4 nitrogen and oxygen atoms in total. The summed E-state index contributed by atoms with van der Waals surface area (Å²) in [6.07, 6.45) is 7.96. The Morgan fingerprint density at radius 2 is 1.87 bits per heavy atom. The molecule has 1 radical (unpaired) electrons. The van der Waals surface area contributed by atoms with Crippen LogP contribution in [0.5, 0.6) is 0 Å². The van der Waals surface area contributed by atoms with Gasteiger partial charge in [0, 0.05) is 5.92 Å². The Kier molecular flexibility index (Phi) is 3.44. The van der Waals surface area contributed by atoms with Crippen molar-refractivity contribution in [3.63, 3.8) is 0 Å². The SMILES string of the molecule is C[C@]12CC[C@H]3[C@@H](/C(=N\[O])C=C4C[C@@H](O)CC[C@@]43C)[C@@H]1CC[C@@H]2O. The fraction of sp³-hybridized carbons (Fsp3) is 0.842. The molecule has 3 fully saturated rings. The van der Waals surface area contributed by atoms with Crippen molar-refractivity contribution in [2.24, 2.45) is 33.7 Å². The molecule has 0 amide bonds. The van der Waals surface area contributed by atoms with Crippen LogP contribution in [0.4, 0.5) is 0 Å². The summed E-state index contributed by atoms with van der Waals surface area (Å²) in [5, 5.41) is 35.6. The summed E-state index contributed by atoms with van der Waals surface area (Å²) in [6, 6.07) is 0. The van der Waals surface area contributed by atoms with Crippen LogP contribution in [0.25, 0.3) is 0 Å². The second kappa shape index (κ2) is 5.06. The average molecular weight is 318 g/mol. The van der Waals surface area contributed by atoms with Crippen molar-refractivity contribution in [3.8, 4) is 0 Å². The number of hydrogen-bond donors (Lipinski definition) is 2. The second-order valence-corrected chi connectivity index (χ2v) is 8.88. The Bertz CT molecular complexity index is 571. The fourth-order valence-corrected chi connectivity index (χ4v) is 6.46. The van der Waals surface area contributed by atoms with Crippen molar-refractivity contribution < 1.29 is 15.4 Å². The standard InChI is InChI=1S/C19H28NO3/c1-18-7-5-12(21)9-11(18)10-15(20-23)17-13-3-4-16(22)19(13,2)8-6-14(17)18/h10,12-14,16-17,21-22H,3-9H2,1-2H3/b20-15-/t12-,13-,14-,16-,17-,18-,19-/m0/s1. The largest absolute Gasteiger partial charge is 0.393 e. The normalized spacial score (nSPS) is 54.2. The molecule has 0 aromatic rings. The molecule has 2 N–H and O–H groups in total. The number of allylic oxidation sites excluding steroid dienone is 1. The smallest absolute Gasteiger partial charge is 0.0885 e. The Morgan fingerprint density at radius 1 is 1.09 bits per heavy atom. The topological polar surface area (TPSA) is 72.7 Å². The minimum Gasteiger partial charge on any atom is -0.393 e. The average Bonchev–Trinajstić information content (AvgIpc) is 2.83. The monoisotopic (exact) mass is 318 g/mol. The summed E-state index contributed by atoms with van der Waals surface area (Å²) in [7, 11) is 0. The Labute approximate surface area is 138 Å². The van der Waals surface area contributed by atoms with Crippen molar-refractivity contribution in [2.45, 2.75) is 71.0 Å². The number of nitrogens with zero attached hydrogens (tertiary/aromatic N) is 1. The molecular formula is C19H28NO3. The van der Waals surface area contributed by atoms with Gasteiger partial charge in [-0.25, -0.2) is 0 Å². The van der Waals surface area contributed by atoms with E-state index >= 15 is 0 Å². The maximum Gasteiger partial charge on any atom is 0.0885 e. The van der Waals surface area contributed by atoms with Gasteiger partial charge in [0.2, 0.25) is 0 Å². The lowest BCUT2D eigenvalue weighted by molar-refractivity contribution is -0.0494. The first kappa shape index (κ1) is 15.6. The van der Waals surface area contributed by atoms with Crippen LogP contribution in [-0.2, 0) is 5.21 Å². The highest BCUT2D eigenvalue weighted by molar-refractivity contribution is 5.99. The van der Waals surface area contributed by atoms with E-state index in [1.807, 2.05) is 6.08 Å². The molecule has 0 aromatic carbocycles. The van der Waals surface area contributed by atoms with Crippen LogP contribution >= 0.6 is 0 Å². The predicted molar refractivity (Wildman–Crippen MR) is 87.2 cm³/mol. The Morgan fingerprint density at radius 3 is 2.61 bits per heavy atom. The lowest BCUT2D eigenvalue weighted by Crippen LogP contribution is -2.54. The molecular weight excluding hydrogens is 290 g/mol. The maximum absolute atomic E-state index is 11.6. The molecule has 0 aromatic heterocycles. The molecule has 0 saturated heterocycles. The highest BCUT2D eigenvalue weighted by atomic mass is 16.4. The van der Waals surface area contributed by atoms with Crippen LogP contribution in [0.3, 0.4) is 0 Å². The van der Waals surface area contributed by atoms with Gasteiger partial charge in [0.05, 0.1) is 17.9 Å². The third-order valence-electron chi connectivity index (χ3n) is 7.99. The minimum atomic E-state index is -0.277. The molecule has 0 heterocycles. The molecule has 127 valence electrons. The van der Waals surface area contributed by atoms with Gasteiger partial charge in [-0.3, -0.25) is 0 Å². The van der Waals surface area contributed by atoms with Crippen LogP contribution in [0.2, 0.25) is 0 Å². The van der Waals surface area contributed by atoms with Gasteiger partial charge >= 0.3 is 0 Å². The van der Waals surface area contributed by atoms with E-state index in [4.69, 9.17) is 0 Å². The van der Waals surface area contributed by atoms with E-state index in [0.29, 0.717) is 24.0 Å². The molecule has 4 heteroatoms. The molecule has 4 aliphatic carbocycles. The molecule has 4 aliphatic rings. The second-order valence-electron chi connectivity index (χ2n) is 8.88. The van der Waals surface area contributed by atoms with Gasteiger partial charge in [-0.2, -0.15) is 0 Å². The molecule has 0 aliphatic heterocycles. The van der Waals surface area contributed by atoms with Crippen LogP contribution in [-0.4, -0.2) is 28.1 Å². The van der Waals surface area contributed by atoms with Gasteiger partial charge in [0.1, 0.15) is 0 Å². The summed E-state index contributed by atoms with van der Waals surface area (Å²) < 4.78 is 0. The van der Waals surface area contributed by atoms with Gasteiger partial charge in [-0.15, -0.1) is 5.21 Å². The van der Waals surface area contributed by atoms with Gasteiger partial charge in [0.15, 0.2) is 0 Å². The van der Waals surface area contributed by atoms with Crippen LogP contribution < -0.4 is 0 Å². The van der Waals surface area contributed by atoms with E-state index in [2.05, 4.69) is 19.0 Å². The lowest BCUT2D eigenvalue weighted by Gasteiger charge is -2.57. The summed E-state index contributed by atoms with van der Waals surface area (Å²) in [5.74, 6) is 0.990. The van der Waals surface area contributed by atoms with E-state index in [1.54, 1.807) is 0 Å². The zero-order valence-corrected chi connectivity index (χ0v) is 14.2. The summed E-state index contributed by atoms with van der Waals surface area (Å²) in [5.41, 5.74) is 1.94. The van der Waals surface area contributed by atoms with Crippen molar-refractivity contribution in [2.75, 3.05) is 0 Å². The predicted octanol–water partition coefficient (Wildman–Crippen LogP) is 3.07. The van der Waals surface area contributed by atoms with Crippen LogP contribution in [0.1, 0.15) is 58.8 Å². The van der Waals surface area contributed by atoms with E-state index in [9.17, 15) is 15.4 Å². The molecule has 0 unspecified atom stereocenters. The Hall–Kier alpha value is -0.870. The number of rotatable bonds is 0. The van der Waals surface area contributed by atoms with Crippen molar-refractivity contribution in [3.05, 3.63) is 11.6 Å². The maximum atomic E-state index is 11.6. The highest BCUT2D eigenvalue weighted by Gasteiger charge is 2.60. The first-order chi connectivity index (χ1) is 10.9.